The molecule has 0 spiro atoms. The number of pyridine rings is 1. The molecule has 2 heterocycles. The summed E-state index contributed by atoms with van der Waals surface area (Å²) in [7, 11) is 3.22. The second kappa shape index (κ2) is 19.9. The highest BCUT2D eigenvalue weighted by molar-refractivity contribution is 6.30. The first-order valence-corrected chi connectivity index (χ1v) is 14.3. The van der Waals surface area contributed by atoms with Crippen molar-refractivity contribution in [2.45, 2.75) is 31.7 Å². The van der Waals surface area contributed by atoms with Gasteiger partial charge in [-0.15, -0.1) is 0 Å². The molecule has 0 aliphatic carbocycles. The number of amides is 1. The summed E-state index contributed by atoms with van der Waals surface area (Å²) in [6, 6.07) is 13.3. The molecule has 2 bridgehead atoms. The zero-order valence-corrected chi connectivity index (χ0v) is 25.9. The van der Waals surface area contributed by atoms with Gasteiger partial charge in [0.15, 0.2) is 0 Å². The number of nitrogens with two attached hydrogens (primary N) is 2. The van der Waals surface area contributed by atoms with Crippen LogP contribution in [0.2, 0.25) is 5.02 Å². The molecule has 0 unspecified atom stereocenters. The Bertz CT molecular complexity index is 1450. The van der Waals surface area contributed by atoms with E-state index in [2.05, 4.69) is 55.0 Å². The molecule has 1 atom stereocenters. The molecule has 1 amide bonds. The Morgan fingerprint density at radius 3 is 2.62 bits per heavy atom. The van der Waals surface area contributed by atoms with Crippen molar-refractivity contribution in [2.24, 2.45) is 16.8 Å². The van der Waals surface area contributed by atoms with E-state index in [0.717, 1.165) is 60.3 Å². The van der Waals surface area contributed by atoms with Crippen LogP contribution in [0.15, 0.2) is 66.0 Å². The first-order valence-electron chi connectivity index (χ1n) is 13.9. The van der Waals surface area contributed by atoms with E-state index in [4.69, 9.17) is 38.0 Å². The molecule has 1 aliphatic heterocycles. The number of halogens is 1. The predicted octanol–water partition coefficient (Wildman–Crippen LogP) is 4.37. The van der Waals surface area contributed by atoms with E-state index in [1.54, 1.807) is 24.3 Å². The number of methoxy groups -OCH3 is 1. The number of anilines is 3. The molecule has 240 valence electrons. The fourth-order valence-corrected chi connectivity index (χ4v) is 4.68. The quantitative estimate of drug-likeness (QED) is 0.0536. The van der Waals surface area contributed by atoms with Crippen LogP contribution in [0.1, 0.15) is 42.9 Å². The topological polar surface area (TPSA) is 197 Å². The smallest absolute Gasteiger partial charge is 0.292 e. The summed E-state index contributed by atoms with van der Waals surface area (Å²) >= 11 is 6.18. The number of carbonyl (C=O) groups excluding carboxylic acids is 2. The van der Waals surface area contributed by atoms with Crippen molar-refractivity contribution in [2.75, 3.05) is 36.3 Å². The van der Waals surface area contributed by atoms with Gasteiger partial charge in [-0.1, -0.05) is 30.5 Å². The van der Waals surface area contributed by atoms with Crippen LogP contribution in [0, 0.1) is 0 Å². The predicted molar refractivity (Wildman–Crippen MR) is 179 cm³/mol. The van der Waals surface area contributed by atoms with Gasteiger partial charge in [0.2, 0.25) is 5.91 Å². The number of benzene rings is 2. The van der Waals surface area contributed by atoms with Crippen molar-refractivity contribution in [3.8, 4) is 11.1 Å². The van der Waals surface area contributed by atoms with Gasteiger partial charge in [-0.2, -0.15) is 5.10 Å². The molecule has 0 fully saturated rings. The highest BCUT2D eigenvalue weighted by Gasteiger charge is 2.17. The van der Waals surface area contributed by atoms with E-state index in [-0.39, 0.29) is 18.4 Å². The standard InChI is InChI=1S/C28H33ClN8O.C2H4O2.CH2O2/c1-32-23-8-9-24-20-13-21(17-33-16-20)25(5-3-2-4-12-34-26(24)15-23)36-28(38)11-6-19-14-22(29)7-10-27(19)37(31)18-35-30;1-4-2-3;2-1-3/h6-11,13-18,25,32,34H,2-5,12,30-31H2,1H3,(H,36,38);2H,1H3;1H,(H,2,3)/b11-6+,35-18-;;/t25-;;/m0../s1. The van der Waals surface area contributed by atoms with Crippen LogP contribution in [-0.2, 0) is 19.1 Å². The second-order valence-corrected chi connectivity index (χ2v) is 9.94. The molecular weight excluding hydrogens is 600 g/mol. The van der Waals surface area contributed by atoms with Crippen LogP contribution in [0.4, 0.5) is 17.1 Å². The molecule has 1 aromatic heterocycles. The molecule has 8 N–H and O–H groups in total. The van der Waals surface area contributed by atoms with Gasteiger partial charge in [0.25, 0.3) is 12.9 Å². The lowest BCUT2D eigenvalue weighted by Crippen LogP contribution is -2.30. The minimum Gasteiger partial charge on any atom is -0.483 e. The molecular formula is C31H39ClN8O5. The summed E-state index contributed by atoms with van der Waals surface area (Å²) < 4.78 is 3.86. The Morgan fingerprint density at radius 1 is 1.18 bits per heavy atom. The number of nitrogens with one attached hydrogen (secondary N) is 3. The zero-order valence-electron chi connectivity index (χ0n) is 25.2. The zero-order chi connectivity index (χ0) is 33.0. The van der Waals surface area contributed by atoms with Crippen LogP contribution in [0.5, 0.6) is 0 Å². The first-order chi connectivity index (χ1) is 21.8. The summed E-state index contributed by atoms with van der Waals surface area (Å²) in [6.07, 6.45) is 12.0. The van der Waals surface area contributed by atoms with Crippen LogP contribution in [0.25, 0.3) is 17.2 Å². The number of nitrogens with zero attached hydrogens (tertiary/aromatic N) is 3. The number of carboxylic acid groups (broad SMARTS) is 1. The van der Waals surface area contributed by atoms with E-state index in [1.165, 1.54) is 24.5 Å². The first kappa shape index (κ1) is 36.1. The fraction of sp³-hybridized carbons (Fsp3) is 0.258. The summed E-state index contributed by atoms with van der Waals surface area (Å²) in [5.74, 6) is 11.0. The maximum absolute atomic E-state index is 13.1. The van der Waals surface area contributed by atoms with E-state index in [0.29, 0.717) is 22.7 Å². The summed E-state index contributed by atoms with van der Waals surface area (Å²) in [6.45, 7) is 1.00. The average molecular weight is 639 g/mol. The molecule has 4 rings (SSSR count). The third-order valence-electron chi connectivity index (χ3n) is 6.55. The number of hydrogen-bond donors (Lipinski definition) is 6. The number of aromatic nitrogens is 1. The van der Waals surface area contributed by atoms with Crippen molar-refractivity contribution in [3.05, 3.63) is 77.1 Å². The van der Waals surface area contributed by atoms with Crippen molar-refractivity contribution >= 4 is 59.9 Å². The summed E-state index contributed by atoms with van der Waals surface area (Å²) in [4.78, 5) is 34.9. The second-order valence-electron chi connectivity index (χ2n) is 9.50. The lowest BCUT2D eigenvalue weighted by molar-refractivity contribution is -0.126. The number of fused-ring (bicyclic) bond motifs is 4. The average Bonchev–Trinajstić information content (AvgIpc) is 3.05. The van der Waals surface area contributed by atoms with Gasteiger partial charge in [-0.3, -0.25) is 24.4 Å². The molecule has 13 nitrogen and oxygen atoms in total. The molecule has 1 aliphatic rings. The fourth-order valence-electron chi connectivity index (χ4n) is 4.50. The van der Waals surface area contributed by atoms with Gasteiger partial charge in [0, 0.05) is 65.1 Å². The Morgan fingerprint density at radius 2 is 1.93 bits per heavy atom. The Kier molecular flexibility index (Phi) is 16.0. The number of hydrazine groups is 1. The van der Waals surface area contributed by atoms with E-state index in [1.807, 2.05) is 19.4 Å². The molecule has 45 heavy (non-hydrogen) atoms. The number of carbonyl (C=O) groups is 3. The minimum atomic E-state index is -0.250. The third kappa shape index (κ3) is 11.8. The van der Waals surface area contributed by atoms with Gasteiger partial charge in [0.05, 0.1) is 18.8 Å². The number of hydrogen-bond acceptors (Lipinski definition) is 10. The van der Waals surface area contributed by atoms with Gasteiger partial charge in [-0.25, -0.2) is 5.84 Å². The van der Waals surface area contributed by atoms with Crippen molar-refractivity contribution < 1.29 is 24.2 Å². The van der Waals surface area contributed by atoms with Crippen LogP contribution in [0.3, 0.4) is 0 Å². The lowest BCUT2D eigenvalue weighted by atomic mass is 9.96. The Labute approximate surface area is 267 Å². The molecule has 2 aromatic carbocycles. The lowest BCUT2D eigenvalue weighted by Gasteiger charge is -2.21. The molecule has 0 saturated carbocycles. The number of ether oxygens (including phenoxy) is 1. The van der Waals surface area contributed by atoms with E-state index < -0.39 is 0 Å². The molecule has 0 saturated heterocycles. The Balaban J connectivity index is 0.000000917. The summed E-state index contributed by atoms with van der Waals surface area (Å²) in [5.41, 5.74) is 6.39. The number of hydrazone groups is 1. The summed E-state index contributed by atoms with van der Waals surface area (Å²) in [5, 5.41) is 22.1. The monoisotopic (exact) mass is 638 g/mol. The highest BCUT2D eigenvalue weighted by atomic mass is 35.5. The largest absolute Gasteiger partial charge is 0.483 e. The molecule has 0 radical (unpaired) electrons. The van der Waals surface area contributed by atoms with E-state index in [9.17, 15) is 4.79 Å². The van der Waals surface area contributed by atoms with Crippen molar-refractivity contribution in [1.82, 2.24) is 10.3 Å². The van der Waals surface area contributed by atoms with Gasteiger partial charge in [-0.05, 0) is 60.9 Å². The number of rotatable bonds is 7. The van der Waals surface area contributed by atoms with Crippen LogP contribution >= 0.6 is 11.6 Å². The molecule has 3 aromatic rings. The van der Waals surface area contributed by atoms with E-state index >= 15 is 0 Å². The SMILES string of the molecule is CNc1ccc2c(c1)NCCCCC[C@H](NC(=O)/C=C/c1cc(Cl)ccc1N(N)/C=N\N)c1cncc-2c1.COC=O.O=CO. The van der Waals surface area contributed by atoms with Gasteiger partial charge < -0.3 is 31.6 Å². The van der Waals surface area contributed by atoms with Crippen molar-refractivity contribution in [1.29, 1.82) is 0 Å². The van der Waals surface area contributed by atoms with Crippen LogP contribution in [-0.4, -0.2) is 56.0 Å². The van der Waals surface area contributed by atoms with Gasteiger partial charge >= 0.3 is 0 Å². The highest BCUT2D eigenvalue weighted by Crippen LogP contribution is 2.33. The maximum Gasteiger partial charge on any atom is 0.292 e. The third-order valence-corrected chi connectivity index (χ3v) is 6.79. The van der Waals surface area contributed by atoms with Crippen molar-refractivity contribution in [3.63, 3.8) is 0 Å². The van der Waals surface area contributed by atoms with Crippen LogP contribution < -0.4 is 32.6 Å². The minimum absolute atomic E-state index is 0.179. The van der Waals surface area contributed by atoms with Gasteiger partial charge in [0.1, 0.15) is 6.34 Å². The Hall–Kier alpha value is -5.14. The molecule has 14 heteroatoms. The maximum atomic E-state index is 13.1. The normalized spacial score (nSPS) is 14.0.